The first-order chi connectivity index (χ1) is 13.5. The van der Waals surface area contributed by atoms with Crippen molar-refractivity contribution < 1.29 is 14.5 Å². The Balaban J connectivity index is 2.07. The molecule has 0 radical (unpaired) electrons. The van der Waals surface area contributed by atoms with Gasteiger partial charge < -0.3 is 9.30 Å². The van der Waals surface area contributed by atoms with Gasteiger partial charge >= 0.3 is 0 Å². The zero-order valence-electron chi connectivity index (χ0n) is 15.5. The van der Waals surface area contributed by atoms with Crippen LogP contribution < -0.4 is 4.80 Å². The molecular formula is C19H19N3O4S2. The second-order valence-electron chi connectivity index (χ2n) is 5.82. The van der Waals surface area contributed by atoms with Crippen LogP contribution in [0.15, 0.2) is 52.4 Å². The number of ether oxygens (including phenoxy) is 1. The van der Waals surface area contributed by atoms with Crippen LogP contribution in [0.2, 0.25) is 0 Å². The van der Waals surface area contributed by atoms with Gasteiger partial charge in [-0.05, 0) is 30.0 Å². The summed E-state index contributed by atoms with van der Waals surface area (Å²) in [6, 6.07) is 12.0. The maximum atomic E-state index is 12.7. The van der Waals surface area contributed by atoms with Gasteiger partial charge in [0.05, 0.1) is 21.7 Å². The zero-order chi connectivity index (χ0) is 20.1. The predicted octanol–water partition coefficient (Wildman–Crippen LogP) is 4.11. The summed E-state index contributed by atoms with van der Waals surface area (Å²) in [7, 11) is 1.60. The van der Waals surface area contributed by atoms with Crippen LogP contribution in [-0.4, -0.2) is 34.9 Å². The maximum Gasteiger partial charge on any atom is 0.279 e. The lowest BCUT2D eigenvalue weighted by molar-refractivity contribution is -0.384. The van der Waals surface area contributed by atoms with Crippen molar-refractivity contribution in [2.75, 3.05) is 19.5 Å². The number of carbonyl (C=O) groups excluding carboxylic acids is 1. The highest BCUT2D eigenvalue weighted by Crippen LogP contribution is 2.23. The molecule has 0 unspecified atom stereocenters. The Kier molecular flexibility index (Phi) is 6.61. The molecular weight excluding hydrogens is 398 g/mol. The van der Waals surface area contributed by atoms with Crippen molar-refractivity contribution in [2.45, 2.75) is 18.4 Å². The van der Waals surface area contributed by atoms with E-state index in [1.165, 1.54) is 23.5 Å². The van der Waals surface area contributed by atoms with Gasteiger partial charge in [0.1, 0.15) is 0 Å². The van der Waals surface area contributed by atoms with E-state index in [1.54, 1.807) is 31.0 Å². The number of hydrogen-bond acceptors (Lipinski definition) is 6. The normalized spacial score (nSPS) is 11.9. The minimum Gasteiger partial charge on any atom is -0.383 e. The maximum absolute atomic E-state index is 12.7. The van der Waals surface area contributed by atoms with Gasteiger partial charge in [0, 0.05) is 36.2 Å². The van der Waals surface area contributed by atoms with Crippen molar-refractivity contribution in [2.24, 2.45) is 4.99 Å². The molecule has 0 atom stereocenters. The number of non-ortho nitro benzene ring substituents is 1. The summed E-state index contributed by atoms with van der Waals surface area (Å²) in [6.45, 7) is 2.98. The molecule has 0 saturated carbocycles. The third-order valence-electron chi connectivity index (χ3n) is 3.99. The topological polar surface area (TPSA) is 86.7 Å². The molecule has 0 aliphatic heterocycles. The molecule has 0 aliphatic carbocycles. The molecule has 28 heavy (non-hydrogen) atoms. The number of aromatic nitrogens is 1. The molecule has 0 aliphatic rings. The molecule has 9 heteroatoms. The molecule has 1 amide bonds. The van der Waals surface area contributed by atoms with Crippen molar-refractivity contribution >= 4 is 44.9 Å². The van der Waals surface area contributed by atoms with E-state index in [0.29, 0.717) is 28.2 Å². The molecule has 0 saturated heterocycles. The van der Waals surface area contributed by atoms with Crippen LogP contribution in [0, 0.1) is 10.1 Å². The fourth-order valence-electron chi connectivity index (χ4n) is 2.70. The molecule has 3 aromatic rings. The number of thioether (sulfide) groups is 1. The molecule has 0 fully saturated rings. The summed E-state index contributed by atoms with van der Waals surface area (Å²) in [6.07, 6.45) is 0. The predicted molar refractivity (Wildman–Crippen MR) is 111 cm³/mol. The van der Waals surface area contributed by atoms with E-state index in [0.717, 1.165) is 16.2 Å². The standard InChI is InChI=1S/C19H19N3O4S2/c1-3-27-15-6-4-5-13(11-15)18(23)20-19-21(9-10-26-2)16-8-7-14(22(24)25)12-17(16)28-19/h4-8,11-12H,3,9-10H2,1-2H3. The molecule has 0 N–H and O–H groups in total. The number of nitro groups is 1. The van der Waals surface area contributed by atoms with Crippen molar-refractivity contribution in [1.29, 1.82) is 0 Å². The van der Waals surface area contributed by atoms with Crippen LogP contribution in [-0.2, 0) is 11.3 Å². The second-order valence-corrected chi connectivity index (χ2v) is 8.16. The lowest BCUT2D eigenvalue weighted by Crippen LogP contribution is -2.19. The first-order valence-electron chi connectivity index (χ1n) is 8.62. The lowest BCUT2D eigenvalue weighted by atomic mass is 10.2. The summed E-state index contributed by atoms with van der Waals surface area (Å²) in [5.41, 5.74) is 1.31. The van der Waals surface area contributed by atoms with Crippen LogP contribution in [0.3, 0.4) is 0 Å². The van der Waals surface area contributed by atoms with E-state index in [2.05, 4.69) is 11.9 Å². The molecule has 1 aromatic heterocycles. The number of amides is 1. The number of fused-ring (bicyclic) bond motifs is 1. The number of benzene rings is 2. The van der Waals surface area contributed by atoms with E-state index in [4.69, 9.17) is 4.74 Å². The van der Waals surface area contributed by atoms with Gasteiger partial charge in [0.15, 0.2) is 4.80 Å². The summed E-state index contributed by atoms with van der Waals surface area (Å²) < 4.78 is 7.72. The Hall–Kier alpha value is -2.49. The third-order valence-corrected chi connectivity index (χ3v) is 5.90. The van der Waals surface area contributed by atoms with Crippen molar-refractivity contribution in [3.05, 3.63) is 62.9 Å². The number of carbonyl (C=O) groups is 1. The van der Waals surface area contributed by atoms with E-state index < -0.39 is 4.92 Å². The van der Waals surface area contributed by atoms with Gasteiger partial charge in [-0.2, -0.15) is 4.99 Å². The SMILES string of the molecule is CCSc1cccc(C(=O)N=c2sc3cc([N+](=O)[O-])ccc3n2CCOC)c1. The minimum atomic E-state index is -0.433. The van der Waals surface area contributed by atoms with Crippen LogP contribution in [0.4, 0.5) is 5.69 Å². The Morgan fingerprint density at radius 2 is 2.14 bits per heavy atom. The Morgan fingerprint density at radius 1 is 1.32 bits per heavy atom. The monoisotopic (exact) mass is 417 g/mol. The number of rotatable bonds is 7. The molecule has 0 spiro atoms. The Labute approximate surface area is 169 Å². The van der Waals surface area contributed by atoms with Crippen LogP contribution in [0.1, 0.15) is 17.3 Å². The number of nitro benzene ring substituents is 1. The van der Waals surface area contributed by atoms with Crippen molar-refractivity contribution in [3.63, 3.8) is 0 Å². The van der Waals surface area contributed by atoms with Gasteiger partial charge in [-0.3, -0.25) is 14.9 Å². The van der Waals surface area contributed by atoms with E-state index in [1.807, 2.05) is 22.8 Å². The summed E-state index contributed by atoms with van der Waals surface area (Å²) in [5, 5.41) is 11.1. The summed E-state index contributed by atoms with van der Waals surface area (Å²) in [5.74, 6) is 0.576. The van der Waals surface area contributed by atoms with Gasteiger partial charge in [-0.15, -0.1) is 11.8 Å². The molecule has 7 nitrogen and oxygen atoms in total. The van der Waals surface area contributed by atoms with Crippen molar-refractivity contribution in [3.8, 4) is 0 Å². The number of hydrogen-bond donors (Lipinski definition) is 0. The van der Waals surface area contributed by atoms with Crippen LogP contribution in [0.25, 0.3) is 10.2 Å². The van der Waals surface area contributed by atoms with Gasteiger partial charge in [0.2, 0.25) is 0 Å². The highest BCUT2D eigenvalue weighted by molar-refractivity contribution is 7.99. The zero-order valence-corrected chi connectivity index (χ0v) is 17.1. The molecule has 2 aromatic carbocycles. The van der Waals surface area contributed by atoms with Gasteiger partial charge in [0.25, 0.3) is 11.6 Å². The van der Waals surface area contributed by atoms with Crippen LogP contribution >= 0.6 is 23.1 Å². The minimum absolute atomic E-state index is 0.00908. The fraction of sp³-hybridized carbons (Fsp3) is 0.263. The molecule has 1 heterocycles. The average molecular weight is 418 g/mol. The second kappa shape index (κ2) is 9.13. The summed E-state index contributed by atoms with van der Waals surface area (Å²) >= 11 is 2.91. The number of methoxy groups -OCH3 is 1. The molecule has 0 bridgehead atoms. The highest BCUT2D eigenvalue weighted by Gasteiger charge is 2.13. The van der Waals surface area contributed by atoms with E-state index in [-0.39, 0.29) is 11.6 Å². The smallest absolute Gasteiger partial charge is 0.279 e. The van der Waals surface area contributed by atoms with Gasteiger partial charge in [-0.25, -0.2) is 0 Å². The lowest BCUT2D eigenvalue weighted by Gasteiger charge is -2.04. The average Bonchev–Trinajstić information content (AvgIpc) is 3.02. The first-order valence-corrected chi connectivity index (χ1v) is 10.4. The fourth-order valence-corrected chi connectivity index (χ4v) is 4.50. The molecule has 3 rings (SSSR count). The van der Waals surface area contributed by atoms with E-state index in [9.17, 15) is 14.9 Å². The van der Waals surface area contributed by atoms with E-state index >= 15 is 0 Å². The Morgan fingerprint density at radius 3 is 2.86 bits per heavy atom. The van der Waals surface area contributed by atoms with Crippen molar-refractivity contribution in [1.82, 2.24) is 4.57 Å². The number of nitrogens with zero attached hydrogens (tertiary/aromatic N) is 3. The Bertz CT molecular complexity index is 1090. The van der Waals surface area contributed by atoms with Gasteiger partial charge in [-0.1, -0.05) is 24.3 Å². The quantitative estimate of drug-likeness (QED) is 0.328. The first kappa shape index (κ1) is 20.2. The largest absolute Gasteiger partial charge is 0.383 e. The highest BCUT2D eigenvalue weighted by atomic mass is 32.2. The summed E-state index contributed by atoms with van der Waals surface area (Å²) in [4.78, 5) is 29.2. The van der Waals surface area contributed by atoms with Crippen LogP contribution in [0.5, 0.6) is 0 Å². The molecule has 146 valence electrons. The third kappa shape index (κ3) is 4.49. The number of thiazole rings is 1.